The van der Waals surface area contributed by atoms with Crippen molar-refractivity contribution >= 4 is 10.9 Å². The SMILES string of the molecule is CCN(Cc1ccccc1OC)Cc1cc2cccc(C)c2[nH]c1=O. The lowest BCUT2D eigenvalue weighted by Crippen LogP contribution is -2.26. The zero-order valence-electron chi connectivity index (χ0n) is 15.0. The van der Waals surface area contributed by atoms with Crippen LogP contribution in [-0.4, -0.2) is 23.5 Å². The highest BCUT2D eigenvalue weighted by atomic mass is 16.5. The molecule has 25 heavy (non-hydrogen) atoms. The highest BCUT2D eigenvalue weighted by Gasteiger charge is 2.12. The van der Waals surface area contributed by atoms with E-state index in [2.05, 4.69) is 22.9 Å². The number of H-pyrrole nitrogens is 1. The Hall–Kier alpha value is -2.59. The minimum Gasteiger partial charge on any atom is -0.496 e. The highest BCUT2D eigenvalue weighted by Crippen LogP contribution is 2.21. The van der Waals surface area contributed by atoms with Gasteiger partial charge in [-0.15, -0.1) is 0 Å². The van der Waals surface area contributed by atoms with E-state index in [4.69, 9.17) is 4.74 Å². The smallest absolute Gasteiger partial charge is 0.252 e. The molecule has 2 aromatic carbocycles. The lowest BCUT2D eigenvalue weighted by Gasteiger charge is -2.21. The molecule has 0 bridgehead atoms. The molecule has 0 saturated carbocycles. The van der Waals surface area contributed by atoms with Crippen LogP contribution in [0.2, 0.25) is 0 Å². The minimum absolute atomic E-state index is 0.0136. The minimum atomic E-state index is -0.0136. The van der Waals surface area contributed by atoms with E-state index in [1.807, 2.05) is 49.4 Å². The number of methoxy groups -OCH3 is 1. The van der Waals surface area contributed by atoms with Crippen molar-refractivity contribution in [3.63, 3.8) is 0 Å². The van der Waals surface area contributed by atoms with Crippen LogP contribution in [0.15, 0.2) is 53.3 Å². The van der Waals surface area contributed by atoms with Crippen LogP contribution in [0.25, 0.3) is 10.9 Å². The third-order valence-electron chi connectivity index (χ3n) is 4.59. The van der Waals surface area contributed by atoms with E-state index < -0.39 is 0 Å². The molecule has 0 saturated heterocycles. The maximum absolute atomic E-state index is 12.5. The summed E-state index contributed by atoms with van der Waals surface area (Å²) in [6, 6.07) is 16.1. The van der Waals surface area contributed by atoms with Gasteiger partial charge in [-0.1, -0.05) is 43.3 Å². The van der Waals surface area contributed by atoms with Crippen LogP contribution < -0.4 is 10.3 Å². The van der Waals surface area contributed by atoms with Gasteiger partial charge in [0.25, 0.3) is 5.56 Å². The Morgan fingerprint density at radius 2 is 1.80 bits per heavy atom. The van der Waals surface area contributed by atoms with Crippen molar-refractivity contribution in [3.05, 3.63) is 75.6 Å². The molecule has 1 heterocycles. The summed E-state index contributed by atoms with van der Waals surface area (Å²) in [5, 5.41) is 1.07. The molecule has 0 unspecified atom stereocenters. The van der Waals surface area contributed by atoms with E-state index >= 15 is 0 Å². The zero-order valence-corrected chi connectivity index (χ0v) is 15.0. The summed E-state index contributed by atoms with van der Waals surface area (Å²) in [4.78, 5) is 17.8. The standard InChI is InChI=1S/C21H24N2O2/c1-4-23(13-17-9-5-6-11-19(17)25-3)14-18-12-16-10-7-8-15(2)20(16)22-21(18)24/h5-12H,4,13-14H2,1-3H3,(H,22,24). The van der Waals surface area contributed by atoms with Crippen molar-refractivity contribution in [2.45, 2.75) is 26.9 Å². The maximum Gasteiger partial charge on any atom is 0.252 e. The molecule has 1 N–H and O–H groups in total. The number of nitrogens with one attached hydrogen (secondary N) is 1. The van der Waals surface area contributed by atoms with Crippen molar-refractivity contribution in [1.82, 2.24) is 9.88 Å². The summed E-state index contributed by atoms with van der Waals surface area (Å²) < 4.78 is 5.44. The fraction of sp³-hybridized carbons (Fsp3) is 0.286. The van der Waals surface area contributed by atoms with Gasteiger partial charge in [0.05, 0.1) is 12.6 Å². The second-order valence-electron chi connectivity index (χ2n) is 6.28. The number of aryl methyl sites for hydroxylation is 1. The van der Waals surface area contributed by atoms with Crippen molar-refractivity contribution in [2.24, 2.45) is 0 Å². The molecule has 3 rings (SSSR count). The Morgan fingerprint density at radius 1 is 1.04 bits per heavy atom. The Balaban J connectivity index is 1.88. The molecule has 130 valence electrons. The van der Waals surface area contributed by atoms with Gasteiger partial charge in [0, 0.05) is 24.2 Å². The molecule has 1 aromatic heterocycles. The fourth-order valence-electron chi connectivity index (χ4n) is 3.14. The van der Waals surface area contributed by atoms with Crippen LogP contribution in [0.4, 0.5) is 0 Å². The topological polar surface area (TPSA) is 45.3 Å². The van der Waals surface area contributed by atoms with E-state index in [-0.39, 0.29) is 5.56 Å². The van der Waals surface area contributed by atoms with Gasteiger partial charge < -0.3 is 9.72 Å². The molecule has 4 heteroatoms. The predicted molar refractivity (Wildman–Crippen MR) is 102 cm³/mol. The van der Waals surface area contributed by atoms with Gasteiger partial charge in [0.1, 0.15) is 5.75 Å². The van der Waals surface area contributed by atoms with Crippen LogP contribution in [0.3, 0.4) is 0 Å². The summed E-state index contributed by atoms with van der Waals surface area (Å²) in [5.74, 6) is 0.879. The van der Waals surface area contributed by atoms with Gasteiger partial charge in [-0.2, -0.15) is 0 Å². The van der Waals surface area contributed by atoms with E-state index in [0.29, 0.717) is 6.54 Å². The number of hydrogen-bond donors (Lipinski definition) is 1. The number of nitrogens with zero attached hydrogens (tertiary/aromatic N) is 1. The highest BCUT2D eigenvalue weighted by molar-refractivity contribution is 5.81. The largest absolute Gasteiger partial charge is 0.496 e. The monoisotopic (exact) mass is 336 g/mol. The first-order valence-corrected chi connectivity index (χ1v) is 8.58. The third-order valence-corrected chi connectivity index (χ3v) is 4.59. The fourth-order valence-corrected chi connectivity index (χ4v) is 3.14. The summed E-state index contributed by atoms with van der Waals surface area (Å²) in [6.45, 7) is 6.32. The number of para-hydroxylation sites is 2. The van der Waals surface area contributed by atoms with Crippen LogP contribution in [0.5, 0.6) is 5.75 Å². The Morgan fingerprint density at radius 3 is 2.56 bits per heavy atom. The molecule has 0 atom stereocenters. The summed E-state index contributed by atoms with van der Waals surface area (Å²) in [5.41, 5.74) is 3.90. The van der Waals surface area contributed by atoms with Crippen molar-refractivity contribution in [2.75, 3.05) is 13.7 Å². The maximum atomic E-state index is 12.5. The molecule has 0 spiro atoms. The average molecular weight is 336 g/mol. The Kier molecular flexibility index (Phi) is 5.19. The molecule has 0 aliphatic heterocycles. The van der Waals surface area contributed by atoms with E-state index in [1.54, 1.807) is 7.11 Å². The Bertz CT molecular complexity index is 931. The number of rotatable bonds is 6. The number of hydrogen-bond acceptors (Lipinski definition) is 3. The molecule has 3 aromatic rings. The van der Waals surface area contributed by atoms with Gasteiger partial charge >= 0.3 is 0 Å². The summed E-state index contributed by atoms with van der Waals surface area (Å²) >= 11 is 0. The van der Waals surface area contributed by atoms with Gasteiger partial charge in [-0.05, 0) is 36.6 Å². The molecular weight excluding hydrogens is 312 g/mol. The molecular formula is C21H24N2O2. The van der Waals surface area contributed by atoms with Crippen molar-refractivity contribution in [1.29, 1.82) is 0 Å². The lowest BCUT2D eigenvalue weighted by molar-refractivity contribution is 0.265. The number of pyridine rings is 1. The number of ether oxygens (including phenoxy) is 1. The number of aromatic amines is 1. The van der Waals surface area contributed by atoms with Gasteiger partial charge in [-0.3, -0.25) is 9.69 Å². The second-order valence-corrected chi connectivity index (χ2v) is 6.28. The van der Waals surface area contributed by atoms with E-state index in [1.165, 1.54) is 0 Å². The van der Waals surface area contributed by atoms with Crippen molar-refractivity contribution in [3.8, 4) is 5.75 Å². The molecule has 4 nitrogen and oxygen atoms in total. The lowest BCUT2D eigenvalue weighted by atomic mass is 10.1. The van der Waals surface area contributed by atoms with Gasteiger partial charge in [-0.25, -0.2) is 0 Å². The van der Waals surface area contributed by atoms with Crippen molar-refractivity contribution < 1.29 is 4.74 Å². The molecule has 0 aliphatic carbocycles. The first kappa shape index (κ1) is 17.2. The zero-order chi connectivity index (χ0) is 17.8. The molecule has 0 fully saturated rings. The van der Waals surface area contributed by atoms with Crippen LogP contribution >= 0.6 is 0 Å². The number of benzene rings is 2. The summed E-state index contributed by atoms with van der Waals surface area (Å²) in [6.07, 6.45) is 0. The number of aromatic nitrogens is 1. The second kappa shape index (κ2) is 7.53. The predicted octanol–water partition coefficient (Wildman–Crippen LogP) is 3.87. The third kappa shape index (κ3) is 3.74. The van der Waals surface area contributed by atoms with Gasteiger partial charge in [0.15, 0.2) is 0 Å². The van der Waals surface area contributed by atoms with Crippen LogP contribution in [0, 0.1) is 6.92 Å². The average Bonchev–Trinajstić information content (AvgIpc) is 2.63. The van der Waals surface area contributed by atoms with Gasteiger partial charge in [0.2, 0.25) is 0 Å². The summed E-state index contributed by atoms with van der Waals surface area (Å²) in [7, 11) is 1.69. The van der Waals surface area contributed by atoms with E-state index in [0.717, 1.165) is 46.4 Å². The first-order valence-electron chi connectivity index (χ1n) is 8.58. The number of fused-ring (bicyclic) bond motifs is 1. The quantitative estimate of drug-likeness (QED) is 0.743. The molecule has 0 amide bonds. The first-order chi connectivity index (χ1) is 12.1. The molecule has 0 radical (unpaired) electrons. The van der Waals surface area contributed by atoms with E-state index in [9.17, 15) is 4.79 Å². The van der Waals surface area contributed by atoms with Crippen LogP contribution in [-0.2, 0) is 13.1 Å². The Labute approximate surface area is 148 Å². The normalized spacial score (nSPS) is 11.2. The molecule has 0 aliphatic rings. The van der Waals surface area contributed by atoms with Crippen LogP contribution in [0.1, 0.15) is 23.6 Å².